The van der Waals surface area contributed by atoms with Crippen LogP contribution < -0.4 is 5.32 Å². The maximum atomic E-state index is 12.4. The lowest BCUT2D eigenvalue weighted by Gasteiger charge is -2.18. The number of nitrogens with one attached hydrogen (secondary N) is 1. The molecule has 0 spiro atoms. The Balaban J connectivity index is 1.99. The van der Waals surface area contributed by atoms with Gasteiger partial charge in [0.2, 0.25) is 5.91 Å². The standard InChI is InChI=1S/C19H24ClN3OS/c1-5-17(14-6-8-15(20)9-7-14)23-18(24)11-10-16-12(2)21-19(25-4)22-13(16)3/h6-9,17H,5,10-11H2,1-4H3,(H,23,24)/t17-/m0/s1. The first-order valence-corrected chi connectivity index (χ1v) is 9.97. The molecular weight excluding hydrogens is 354 g/mol. The first kappa shape index (κ1) is 19.7. The van der Waals surface area contributed by atoms with E-state index in [1.54, 1.807) is 0 Å². The summed E-state index contributed by atoms with van der Waals surface area (Å²) in [6.07, 6.45) is 3.86. The van der Waals surface area contributed by atoms with Crippen LogP contribution in [0, 0.1) is 13.8 Å². The van der Waals surface area contributed by atoms with Gasteiger partial charge in [-0.3, -0.25) is 4.79 Å². The molecule has 6 heteroatoms. The molecule has 1 amide bonds. The number of thioether (sulfide) groups is 1. The molecule has 0 bridgehead atoms. The number of hydrogen-bond donors (Lipinski definition) is 1. The number of hydrogen-bond acceptors (Lipinski definition) is 4. The number of benzene rings is 1. The number of aromatic nitrogens is 2. The van der Waals surface area contributed by atoms with E-state index in [1.165, 1.54) is 11.8 Å². The van der Waals surface area contributed by atoms with E-state index in [1.807, 2.05) is 44.4 Å². The molecule has 25 heavy (non-hydrogen) atoms. The highest BCUT2D eigenvalue weighted by Crippen LogP contribution is 2.20. The second-order valence-corrected chi connectivity index (χ2v) is 7.15. The summed E-state index contributed by atoms with van der Waals surface area (Å²) in [5, 5.41) is 4.58. The summed E-state index contributed by atoms with van der Waals surface area (Å²) >= 11 is 7.46. The van der Waals surface area contributed by atoms with Gasteiger partial charge in [-0.25, -0.2) is 9.97 Å². The Morgan fingerprint density at radius 3 is 2.32 bits per heavy atom. The molecule has 0 fully saturated rings. The summed E-state index contributed by atoms with van der Waals surface area (Å²) in [5.74, 6) is 0.0366. The third-order valence-corrected chi connectivity index (χ3v) is 5.00. The van der Waals surface area contributed by atoms with Crippen LogP contribution in [0.1, 0.15) is 48.3 Å². The Labute approximate surface area is 158 Å². The monoisotopic (exact) mass is 377 g/mol. The quantitative estimate of drug-likeness (QED) is 0.562. The Hall–Kier alpha value is -1.59. The maximum Gasteiger partial charge on any atom is 0.220 e. The summed E-state index contributed by atoms with van der Waals surface area (Å²) in [7, 11) is 0. The molecule has 0 aliphatic rings. The van der Waals surface area contributed by atoms with E-state index < -0.39 is 0 Å². The van der Waals surface area contributed by atoms with Crippen molar-refractivity contribution in [2.75, 3.05) is 6.26 Å². The minimum atomic E-state index is 0.00192. The van der Waals surface area contributed by atoms with Gasteiger partial charge in [-0.05, 0) is 56.2 Å². The lowest BCUT2D eigenvalue weighted by Crippen LogP contribution is -2.28. The van der Waals surface area contributed by atoms with Gasteiger partial charge in [-0.1, -0.05) is 42.4 Å². The van der Waals surface area contributed by atoms with Crippen LogP contribution in [0.25, 0.3) is 0 Å². The molecule has 134 valence electrons. The smallest absolute Gasteiger partial charge is 0.220 e. The van der Waals surface area contributed by atoms with Crippen LogP contribution in [0.5, 0.6) is 0 Å². The second-order valence-electron chi connectivity index (χ2n) is 5.94. The highest BCUT2D eigenvalue weighted by molar-refractivity contribution is 7.98. The molecule has 0 unspecified atom stereocenters. The normalized spacial score (nSPS) is 12.0. The minimum absolute atomic E-state index is 0.00192. The van der Waals surface area contributed by atoms with E-state index >= 15 is 0 Å². The zero-order chi connectivity index (χ0) is 18.4. The number of nitrogens with zero attached hydrogens (tertiary/aromatic N) is 2. The lowest BCUT2D eigenvalue weighted by molar-refractivity contribution is -0.121. The number of amides is 1. The van der Waals surface area contributed by atoms with Crippen molar-refractivity contribution in [3.05, 3.63) is 51.8 Å². The molecule has 1 aromatic heterocycles. The van der Waals surface area contributed by atoms with Crippen LogP contribution in [0.3, 0.4) is 0 Å². The molecule has 4 nitrogen and oxygen atoms in total. The average molecular weight is 378 g/mol. The molecule has 0 aliphatic carbocycles. The molecule has 0 aliphatic heterocycles. The van der Waals surface area contributed by atoms with Crippen LogP contribution >= 0.6 is 23.4 Å². The van der Waals surface area contributed by atoms with E-state index in [0.29, 0.717) is 17.9 Å². The molecule has 1 atom stereocenters. The van der Waals surface area contributed by atoms with E-state index in [9.17, 15) is 4.79 Å². The SMILES string of the molecule is CC[C@H](NC(=O)CCc1c(C)nc(SC)nc1C)c1ccc(Cl)cc1. The molecular formula is C19H24ClN3OS. The first-order valence-electron chi connectivity index (χ1n) is 8.37. The summed E-state index contributed by atoms with van der Waals surface area (Å²) < 4.78 is 0. The van der Waals surface area contributed by atoms with Crippen molar-refractivity contribution in [2.45, 2.75) is 51.2 Å². The Morgan fingerprint density at radius 1 is 1.20 bits per heavy atom. The van der Waals surface area contributed by atoms with Crippen LogP contribution in [-0.2, 0) is 11.2 Å². The number of aryl methyl sites for hydroxylation is 2. The Kier molecular flexibility index (Phi) is 7.26. The topological polar surface area (TPSA) is 54.9 Å². The van der Waals surface area contributed by atoms with Gasteiger partial charge in [0.05, 0.1) is 6.04 Å². The van der Waals surface area contributed by atoms with Gasteiger partial charge >= 0.3 is 0 Å². The predicted octanol–water partition coefficient (Wildman–Crippen LogP) is 4.67. The molecule has 2 rings (SSSR count). The van der Waals surface area contributed by atoms with E-state index in [-0.39, 0.29) is 11.9 Å². The van der Waals surface area contributed by atoms with E-state index in [2.05, 4.69) is 22.2 Å². The average Bonchev–Trinajstić information content (AvgIpc) is 2.59. The zero-order valence-electron chi connectivity index (χ0n) is 15.1. The van der Waals surface area contributed by atoms with Crippen molar-refractivity contribution in [2.24, 2.45) is 0 Å². The van der Waals surface area contributed by atoms with Crippen molar-refractivity contribution < 1.29 is 4.79 Å². The van der Waals surface area contributed by atoms with Crippen LogP contribution in [-0.4, -0.2) is 22.1 Å². The number of carbonyl (C=O) groups excluding carboxylic acids is 1. The van der Waals surface area contributed by atoms with Crippen LogP contribution in [0.4, 0.5) is 0 Å². The van der Waals surface area contributed by atoms with Gasteiger partial charge in [0.15, 0.2) is 5.16 Å². The lowest BCUT2D eigenvalue weighted by atomic mass is 10.0. The van der Waals surface area contributed by atoms with Crippen molar-refractivity contribution in [1.82, 2.24) is 15.3 Å². The molecule has 0 radical (unpaired) electrons. The van der Waals surface area contributed by atoms with Gasteiger partial charge in [-0.2, -0.15) is 0 Å². The summed E-state index contributed by atoms with van der Waals surface area (Å²) in [6.45, 7) is 6.01. The summed E-state index contributed by atoms with van der Waals surface area (Å²) in [4.78, 5) is 21.3. The van der Waals surface area contributed by atoms with Gasteiger partial charge in [0, 0.05) is 22.8 Å². The van der Waals surface area contributed by atoms with Crippen molar-refractivity contribution in [1.29, 1.82) is 0 Å². The summed E-state index contributed by atoms with van der Waals surface area (Å²) in [6, 6.07) is 7.62. The minimum Gasteiger partial charge on any atom is -0.349 e. The van der Waals surface area contributed by atoms with Crippen molar-refractivity contribution in [3.8, 4) is 0 Å². The van der Waals surface area contributed by atoms with Crippen LogP contribution in [0.15, 0.2) is 29.4 Å². The van der Waals surface area contributed by atoms with Crippen molar-refractivity contribution >= 4 is 29.3 Å². The molecule has 1 N–H and O–H groups in total. The fraction of sp³-hybridized carbons (Fsp3) is 0.421. The summed E-state index contributed by atoms with van der Waals surface area (Å²) in [5.41, 5.74) is 4.04. The number of rotatable bonds is 7. The largest absolute Gasteiger partial charge is 0.349 e. The van der Waals surface area contributed by atoms with Crippen LogP contribution in [0.2, 0.25) is 5.02 Å². The second kappa shape index (κ2) is 9.20. The highest BCUT2D eigenvalue weighted by Gasteiger charge is 2.14. The fourth-order valence-electron chi connectivity index (χ4n) is 2.78. The third kappa shape index (κ3) is 5.44. The Bertz CT molecular complexity index is 711. The van der Waals surface area contributed by atoms with Gasteiger partial charge in [0.1, 0.15) is 0 Å². The maximum absolute atomic E-state index is 12.4. The Morgan fingerprint density at radius 2 is 1.80 bits per heavy atom. The molecule has 1 aromatic carbocycles. The molecule has 0 saturated carbocycles. The van der Waals surface area contributed by atoms with Gasteiger partial charge in [0.25, 0.3) is 0 Å². The number of halogens is 1. The third-order valence-electron chi connectivity index (χ3n) is 4.20. The molecule has 0 saturated heterocycles. The van der Waals surface area contributed by atoms with Gasteiger partial charge < -0.3 is 5.32 Å². The zero-order valence-corrected chi connectivity index (χ0v) is 16.7. The molecule has 2 aromatic rings. The number of carbonyl (C=O) groups is 1. The fourth-order valence-corrected chi connectivity index (χ4v) is 3.37. The molecule has 1 heterocycles. The van der Waals surface area contributed by atoms with Gasteiger partial charge in [-0.15, -0.1) is 0 Å². The predicted molar refractivity (Wildman–Crippen MR) is 104 cm³/mol. The van der Waals surface area contributed by atoms with E-state index in [0.717, 1.165) is 34.1 Å². The van der Waals surface area contributed by atoms with Crippen molar-refractivity contribution in [3.63, 3.8) is 0 Å². The first-order chi connectivity index (χ1) is 11.9. The van der Waals surface area contributed by atoms with E-state index in [4.69, 9.17) is 11.6 Å². The highest BCUT2D eigenvalue weighted by atomic mass is 35.5.